The van der Waals surface area contributed by atoms with Crippen LogP contribution in [0.25, 0.3) is 10.9 Å². The Kier molecular flexibility index (Phi) is 8.67. The summed E-state index contributed by atoms with van der Waals surface area (Å²) in [6, 6.07) is 6.11. The van der Waals surface area contributed by atoms with E-state index in [0.717, 1.165) is 61.5 Å². The van der Waals surface area contributed by atoms with Crippen molar-refractivity contribution in [1.82, 2.24) is 14.4 Å². The standard InChI is InChI=1S/C25H37N3O2.ClH/c1-3-26-14-16-27(17-15-26)25(29)22-19-28(18-20-10-7-5-4-6-8-11-20)24-21(22)12-9-13-23(24)30-2;/h9,12-13,19-20H,3-8,10-11,14-18H2,1-2H3;1H. The molecule has 0 radical (unpaired) electrons. The summed E-state index contributed by atoms with van der Waals surface area (Å²) in [5.41, 5.74) is 1.91. The highest BCUT2D eigenvalue weighted by Crippen LogP contribution is 2.33. The molecule has 0 N–H and O–H groups in total. The Morgan fingerprint density at radius 3 is 2.35 bits per heavy atom. The van der Waals surface area contributed by atoms with Crippen LogP contribution in [0.3, 0.4) is 0 Å². The monoisotopic (exact) mass is 447 g/mol. The van der Waals surface area contributed by atoms with E-state index in [4.69, 9.17) is 4.74 Å². The zero-order valence-electron chi connectivity index (χ0n) is 19.1. The lowest BCUT2D eigenvalue weighted by molar-refractivity contribution is 0.0645. The van der Waals surface area contributed by atoms with E-state index in [1.807, 2.05) is 17.0 Å². The third-order valence-corrected chi connectivity index (χ3v) is 7.10. The molecular weight excluding hydrogens is 410 g/mol. The van der Waals surface area contributed by atoms with Crippen LogP contribution >= 0.6 is 12.4 Å². The zero-order valence-corrected chi connectivity index (χ0v) is 20.0. The predicted octanol–water partition coefficient (Wildman–Crippen LogP) is 5.21. The Labute approximate surface area is 193 Å². The summed E-state index contributed by atoms with van der Waals surface area (Å²) < 4.78 is 8.03. The van der Waals surface area contributed by atoms with Crippen LogP contribution in [0, 0.1) is 5.92 Å². The maximum absolute atomic E-state index is 13.5. The highest BCUT2D eigenvalue weighted by Gasteiger charge is 2.26. The maximum Gasteiger partial charge on any atom is 0.256 e. The fraction of sp³-hybridized carbons (Fsp3) is 0.640. The fourth-order valence-corrected chi connectivity index (χ4v) is 5.24. The molecule has 1 amide bonds. The van der Waals surface area contributed by atoms with Crippen LogP contribution < -0.4 is 4.74 Å². The molecule has 2 heterocycles. The maximum atomic E-state index is 13.5. The number of benzene rings is 1. The minimum atomic E-state index is 0. The van der Waals surface area contributed by atoms with E-state index >= 15 is 0 Å². The van der Waals surface area contributed by atoms with Crippen LogP contribution in [0.2, 0.25) is 0 Å². The minimum Gasteiger partial charge on any atom is -0.495 e. The van der Waals surface area contributed by atoms with Crippen molar-refractivity contribution in [2.75, 3.05) is 39.8 Å². The SMILES string of the molecule is CCN1CCN(C(=O)c2cn(CC3CCCCCCC3)c3c(OC)cccc23)CC1.Cl. The highest BCUT2D eigenvalue weighted by molar-refractivity contribution is 6.08. The summed E-state index contributed by atoms with van der Waals surface area (Å²) in [6.07, 6.45) is 11.5. The molecule has 172 valence electrons. The van der Waals surface area contributed by atoms with Crippen LogP contribution in [0.15, 0.2) is 24.4 Å². The van der Waals surface area contributed by atoms with Gasteiger partial charge in [0, 0.05) is 44.3 Å². The van der Waals surface area contributed by atoms with Gasteiger partial charge in [-0.05, 0) is 31.4 Å². The normalized spacial score (nSPS) is 19.0. The van der Waals surface area contributed by atoms with E-state index in [1.165, 1.54) is 44.9 Å². The van der Waals surface area contributed by atoms with Gasteiger partial charge in [0.15, 0.2) is 0 Å². The van der Waals surface area contributed by atoms with Crippen molar-refractivity contribution >= 4 is 29.2 Å². The number of carbonyl (C=O) groups excluding carboxylic acids is 1. The van der Waals surface area contributed by atoms with Gasteiger partial charge in [-0.2, -0.15) is 0 Å². The first kappa shape index (κ1) is 23.9. The third kappa shape index (κ3) is 5.38. The summed E-state index contributed by atoms with van der Waals surface area (Å²) in [6.45, 7) is 7.77. The van der Waals surface area contributed by atoms with E-state index in [-0.39, 0.29) is 18.3 Å². The first-order valence-corrected chi connectivity index (χ1v) is 11.9. The molecule has 6 heteroatoms. The molecule has 1 aromatic heterocycles. The number of methoxy groups -OCH3 is 1. The number of ether oxygens (including phenoxy) is 1. The molecule has 2 fully saturated rings. The summed E-state index contributed by atoms with van der Waals surface area (Å²) >= 11 is 0. The van der Waals surface area contributed by atoms with E-state index in [1.54, 1.807) is 7.11 Å². The largest absolute Gasteiger partial charge is 0.495 e. The lowest BCUT2D eigenvalue weighted by Crippen LogP contribution is -2.48. The second kappa shape index (κ2) is 11.2. The van der Waals surface area contributed by atoms with Gasteiger partial charge in [0.2, 0.25) is 0 Å². The van der Waals surface area contributed by atoms with Gasteiger partial charge in [-0.1, -0.05) is 51.2 Å². The second-order valence-corrected chi connectivity index (χ2v) is 8.99. The van der Waals surface area contributed by atoms with Crippen molar-refractivity contribution in [2.24, 2.45) is 5.92 Å². The van der Waals surface area contributed by atoms with Crippen molar-refractivity contribution in [3.05, 3.63) is 30.0 Å². The molecule has 1 aromatic carbocycles. The lowest BCUT2D eigenvalue weighted by atomic mass is 9.91. The van der Waals surface area contributed by atoms with Gasteiger partial charge in [0.1, 0.15) is 5.75 Å². The van der Waals surface area contributed by atoms with Crippen LogP contribution in [-0.4, -0.2) is 60.1 Å². The van der Waals surface area contributed by atoms with Crippen LogP contribution in [0.4, 0.5) is 0 Å². The molecule has 2 aromatic rings. The van der Waals surface area contributed by atoms with Crippen molar-refractivity contribution < 1.29 is 9.53 Å². The van der Waals surface area contributed by atoms with Crippen LogP contribution in [-0.2, 0) is 6.54 Å². The number of hydrogen-bond donors (Lipinski definition) is 0. The van der Waals surface area contributed by atoms with Crippen molar-refractivity contribution in [1.29, 1.82) is 0 Å². The molecule has 1 aliphatic heterocycles. The number of nitrogens with zero attached hydrogens (tertiary/aromatic N) is 3. The van der Waals surface area contributed by atoms with Crippen LogP contribution in [0.1, 0.15) is 62.2 Å². The average molecular weight is 448 g/mol. The number of piperazine rings is 1. The number of para-hydroxylation sites is 1. The number of rotatable bonds is 5. The second-order valence-electron chi connectivity index (χ2n) is 8.99. The van der Waals surface area contributed by atoms with Gasteiger partial charge in [-0.15, -0.1) is 12.4 Å². The number of hydrogen-bond acceptors (Lipinski definition) is 3. The first-order valence-electron chi connectivity index (χ1n) is 11.9. The quantitative estimate of drug-likeness (QED) is 0.631. The molecule has 0 unspecified atom stereocenters. The van der Waals surface area contributed by atoms with Gasteiger partial charge in [-0.3, -0.25) is 4.79 Å². The van der Waals surface area contributed by atoms with E-state index in [0.29, 0.717) is 5.92 Å². The third-order valence-electron chi connectivity index (χ3n) is 7.10. The van der Waals surface area contributed by atoms with Crippen LogP contribution in [0.5, 0.6) is 5.75 Å². The van der Waals surface area contributed by atoms with Crippen molar-refractivity contribution in [2.45, 2.75) is 58.4 Å². The summed E-state index contributed by atoms with van der Waals surface area (Å²) in [7, 11) is 1.73. The molecule has 0 atom stereocenters. The molecular formula is C25H38ClN3O2. The summed E-state index contributed by atoms with van der Waals surface area (Å²) in [4.78, 5) is 17.9. The number of aromatic nitrogens is 1. The fourth-order valence-electron chi connectivity index (χ4n) is 5.24. The minimum absolute atomic E-state index is 0. The predicted molar refractivity (Wildman–Crippen MR) is 130 cm³/mol. The van der Waals surface area contributed by atoms with Gasteiger partial charge >= 0.3 is 0 Å². The average Bonchev–Trinajstić information content (AvgIpc) is 3.13. The number of amides is 1. The Morgan fingerprint density at radius 2 is 1.71 bits per heavy atom. The summed E-state index contributed by atoms with van der Waals surface area (Å²) in [5, 5.41) is 1.03. The number of carbonyl (C=O) groups is 1. The molecule has 1 aliphatic carbocycles. The molecule has 0 bridgehead atoms. The Balaban J connectivity index is 0.00000272. The molecule has 31 heavy (non-hydrogen) atoms. The summed E-state index contributed by atoms with van der Waals surface area (Å²) in [5.74, 6) is 1.72. The topological polar surface area (TPSA) is 37.7 Å². The number of likely N-dealkylation sites (N-methyl/N-ethyl adjacent to an activating group) is 1. The molecule has 4 rings (SSSR count). The molecule has 5 nitrogen and oxygen atoms in total. The van der Waals surface area contributed by atoms with Gasteiger partial charge in [0.05, 0.1) is 18.2 Å². The molecule has 2 aliphatic rings. The van der Waals surface area contributed by atoms with Gasteiger partial charge in [-0.25, -0.2) is 0 Å². The Hall–Kier alpha value is -1.72. The Bertz CT molecular complexity index is 850. The molecule has 1 saturated carbocycles. The Morgan fingerprint density at radius 1 is 1.03 bits per heavy atom. The van der Waals surface area contributed by atoms with E-state index in [2.05, 4.69) is 28.7 Å². The number of fused-ring (bicyclic) bond motifs is 1. The van der Waals surface area contributed by atoms with Gasteiger partial charge in [0.25, 0.3) is 5.91 Å². The van der Waals surface area contributed by atoms with Gasteiger partial charge < -0.3 is 19.1 Å². The van der Waals surface area contributed by atoms with E-state index < -0.39 is 0 Å². The van der Waals surface area contributed by atoms with Crippen molar-refractivity contribution in [3.63, 3.8) is 0 Å². The molecule has 1 saturated heterocycles. The molecule has 0 spiro atoms. The highest BCUT2D eigenvalue weighted by atomic mass is 35.5. The zero-order chi connectivity index (χ0) is 20.9. The lowest BCUT2D eigenvalue weighted by Gasteiger charge is -2.34. The smallest absolute Gasteiger partial charge is 0.256 e. The first-order chi connectivity index (χ1) is 14.7. The number of halogens is 1. The van der Waals surface area contributed by atoms with E-state index in [9.17, 15) is 4.79 Å². The van der Waals surface area contributed by atoms with Crippen molar-refractivity contribution in [3.8, 4) is 5.75 Å².